The molecule has 1 aliphatic heterocycles. The van der Waals surface area contributed by atoms with E-state index in [2.05, 4.69) is 10.4 Å². The van der Waals surface area contributed by atoms with E-state index in [-0.39, 0.29) is 11.8 Å². The third-order valence-corrected chi connectivity index (χ3v) is 5.61. The Labute approximate surface area is 190 Å². The second-order valence-corrected chi connectivity index (χ2v) is 8.47. The Balaban J connectivity index is 1.65. The first kappa shape index (κ1) is 23.0. The Morgan fingerprint density at radius 3 is 2.65 bits per heavy atom. The zero-order valence-electron chi connectivity index (χ0n) is 17.6. The Hall–Kier alpha value is -2.71. The van der Waals surface area contributed by atoms with Crippen LogP contribution >= 0.6 is 23.4 Å². The number of carbonyl (C=O) groups is 2. The zero-order chi connectivity index (χ0) is 22.4. The van der Waals surface area contributed by atoms with Gasteiger partial charge in [0.25, 0.3) is 0 Å². The SMILES string of the molecule is CC(=O)NC1=NN(C(C)=O)[C@@H](c2cc(Cl)ccc2OCCCOc2cccc(C)c2)S1. The Morgan fingerprint density at radius 2 is 1.94 bits per heavy atom. The number of thioether (sulfide) groups is 1. The first-order chi connectivity index (χ1) is 14.8. The molecule has 1 aliphatic rings. The zero-order valence-corrected chi connectivity index (χ0v) is 19.1. The maximum Gasteiger partial charge on any atom is 0.241 e. The van der Waals surface area contributed by atoms with E-state index in [0.717, 1.165) is 11.3 Å². The molecule has 0 radical (unpaired) electrons. The molecule has 2 aromatic rings. The highest BCUT2D eigenvalue weighted by Gasteiger charge is 2.34. The predicted octanol–water partition coefficient (Wildman–Crippen LogP) is 4.50. The number of aryl methyl sites for hydroxylation is 1. The van der Waals surface area contributed by atoms with Crippen molar-refractivity contribution >= 4 is 40.3 Å². The van der Waals surface area contributed by atoms with Crippen LogP contribution in [-0.4, -0.2) is 35.2 Å². The average molecular weight is 462 g/mol. The smallest absolute Gasteiger partial charge is 0.241 e. The topological polar surface area (TPSA) is 80.2 Å². The molecule has 2 amide bonds. The van der Waals surface area contributed by atoms with Gasteiger partial charge in [-0.1, -0.05) is 35.5 Å². The lowest BCUT2D eigenvalue weighted by atomic mass is 10.2. The van der Waals surface area contributed by atoms with Gasteiger partial charge >= 0.3 is 0 Å². The van der Waals surface area contributed by atoms with Gasteiger partial charge in [-0.05, 0) is 42.8 Å². The van der Waals surface area contributed by atoms with Crippen molar-refractivity contribution < 1.29 is 19.1 Å². The quantitative estimate of drug-likeness (QED) is 0.614. The largest absolute Gasteiger partial charge is 0.493 e. The highest BCUT2D eigenvalue weighted by atomic mass is 35.5. The van der Waals surface area contributed by atoms with Crippen LogP contribution in [0.5, 0.6) is 11.5 Å². The molecule has 164 valence electrons. The van der Waals surface area contributed by atoms with Gasteiger partial charge in [0.2, 0.25) is 11.8 Å². The molecule has 0 unspecified atom stereocenters. The lowest BCUT2D eigenvalue weighted by molar-refractivity contribution is -0.129. The molecule has 7 nitrogen and oxygen atoms in total. The van der Waals surface area contributed by atoms with Gasteiger partial charge in [0.15, 0.2) is 5.17 Å². The van der Waals surface area contributed by atoms with Crippen molar-refractivity contribution in [1.29, 1.82) is 0 Å². The molecule has 0 saturated heterocycles. The molecule has 9 heteroatoms. The van der Waals surface area contributed by atoms with Crippen LogP contribution in [0, 0.1) is 6.92 Å². The first-order valence-corrected chi connectivity index (χ1v) is 11.0. The maximum atomic E-state index is 12.1. The molecule has 1 atom stereocenters. The molecule has 0 saturated carbocycles. The van der Waals surface area contributed by atoms with Crippen molar-refractivity contribution in [3.05, 3.63) is 58.6 Å². The van der Waals surface area contributed by atoms with E-state index in [1.165, 1.54) is 30.6 Å². The van der Waals surface area contributed by atoms with Crippen LogP contribution in [0.15, 0.2) is 47.6 Å². The fraction of sp³-hybridized carbons (Fsp3) is 0.318. The van der Waals surface area contributed by atoms with Crippen molar-refractivity contribution in [3.8, 4) is 11.5 Å². The molecule has 0 spiro atoms. The summed E-state index contributed by atoms with van der Waals surface area (Å²) in [4.78, 5) is 23.5. The van der Waals surface area contributed by atoms with Gasteiger partial charge in [0.05, 0.1) is 13.2 Å². The van der Waals surface area contributed by atoms with Crippen LogP contribution < -0.4 is 14.8 Å². The van der Waals surface area contributed by atoms with E-state index < -0.39 is 5.37 Å². The summed E-state index contributed by atoms with van der Waals surface area (Å²) in [5.41, 5.74) is 1.85. The van der Waals surface area contributed by atoms with E-state index in [4.69, 9.17) is 21.1 Å². The molecule has 0 aromatic heterocycles. The van der Waals surface area contributed by atoms with E-state index in [1.807, 2.05) is 31.2 Å². The summed E-state index contributed by atoms with van der Waals surface area (Å²) in [5, 5.41) is 8.54. The van der Waals surface area contributed by atoms with Crippen molar-refractivity contribution in [3.63, 3.8) is 0 Å². The third-order valence-electron chi connectivity index (χ3n) is 4.29. The number of ether oxygens (including phenoxy) is 2. The lowest BCUT2D eigenvalue weighted by Gasteiger charge is -2.22. The van der Waals surface area contributed by atoms with Gasteiger partial charge in [0.1, 0.15) is 16.9 Å². The Morgan fingerprint density at radius 1 is 1.16 bits per heavy atom. The molecule has 31 heavy (non-hydrogen) atoms. The molecular formula is C22H24ClN3O4S. The van der Waals surface area contributed by atoms with Crippen LogP contribution in [0.4, 0.5) is 0 Å². The second-order valence-electron chi connectivity index (χ2n) is 6.97. The van der Waals surface area contributed by atoms with Crippen LogP contribution in [-0.2, 0) is 9.59 Å². The number of amides is 2. The third kappa shape index (κ3) is 6.38. The minimum absolute atomic E-state index is 0.254. The molecule has 0 aliphatic carbocycles. The van der Waals surface area contributed by atoms with Crippen LogP contribution in [0.1, 0.15) is 36.8 Å². The standard InChI is InChI=1S/C22H24ClN3O4S/c1-14-6-4-7-18(12-14)29-10-5-11-30-20-9-8-17(23)13-19(20)21-26(16(3)28)25-22(31-21)24-15(2)27/h4,6-9,12-13,21H,5,10-11H2,1-3H3,(H,24,25,27)/t21-/m1/s1. The minimum Gasteiger partial charge on any atom is -0.493 e. The molecular weight excluding hydrogens is 438 g/mol. The number of carbonyl (C=O) groups excluding carboxylic acids is 2. The summed E-state index contributed by atoms with van der Waals surface area (Å²) >= 11 is 7.47. The number of nitrogens with one attached hydrogen (secondary N) is 1. The molecule has 1 N–H and O–H groups in total. The molecule has 1 heterocycles. The van der Waals surface area contributed by atoms with E-state index in [1.54, 1.807) is 18.2 Å². The fourth-order valence-corrected chi connectivity index (χ4v) is 4.28. The minimum atomic E-state index is -0.489. The number of halogens is 1. The lowest BCUT2D eigenvalue weighted by Crippen LogP contribution is -2.25. The summed E-state index contributed by atoms with van der Waals surface area (Å²) < 4.78 is 11.7. The highest BCUT2D eigenvalue weighted by molar-refractivity contribution is 8.14. The second kappa shape index (κ2) is 10.5. The van der Waals surface area contributed by atoms with Crippen LogP contribution in [0.3, 0.4) is 0 Å². The van der Waals surface area contributed by atoms with E-state index in [9.17, 15) is 9.59 Å². The molecule has 0 fully saturated rings. The molecule has 2 aromatic carbocycles. The monoisotopic (exact) mass is 461 g/mol. The molecule has 0 bridgehead atoms. The fourth-order valence-electron chi connectivity index (χ4n) is 2.95. The summed E-state index contributed by atoms with van der Waals surface area (Å²) in [6.45, 7) is 5.77. The number of amidine groups is 1. The van der Waals surface area contributed by atoms with Crippen molar-refractivity contribution in [1.82, 2.24) is 10.3 Å². The van der Waals surface area contributed by atoms with Gasteiger partial charge in [-0.2, -0.15) is 0 Å². The molecule has 3 rings (SSSR count). The van der Waals surface area contributed by atoms with Crippen molar-refractivity contribution in [2.75, 3.05) is 13.2 Å². The summed E-state index contributed by atoms with van der Waals surface area (Å²) in [5.74, 6) is 0.916. The average Bonchev–Trinajstić information content (AvgIpc) is 3.12. The van der Waals surface area contributed by atoms with Crippen LogP contribution in [0.25, 0.3) is 0 Å². The number of nitrogens with zero attached hydrogens (tertiary/aromatic N) is 2. The number of hydrogen-bond donors (Lipinski definition) is 1. The van der Waals surface area contributed by atoms with Gasteiger partial charge in [-0.15, -0.1) is 5.10 Å². The number of benzene rings is 2. The number of rotatable bonds is 7. The Kier molecular flexibility index (Phi) is 7.81. The van der Waals surface area contributed by atoms with E-state index >= 15 is 0 Å². The number of hydrazone groups is 1. The van der Waals surface area contributed by atoms with Gasteiger partial charge < -0.3 is 14.8 Å². The van der Waals surface area contributed by atoms with Crippen molar-refractivity contribution in [2.45, 2.75) is 32.6 Å². The summed E-state index contributed by atoms with van der Waals surface area (Å²) in [7, 11) is 0. The van der Waals surface area contributed by atoms with Gasteiger partial charge in [-0.25, -0.2) is 5.01 Å². The number of hydrogen-bond acceptors (Lipinski definition) is 6. The van der Waals surface area contributed by atoms with Crippen LogP contribution in [0.2, 0.25) is 5.02 Å². The van der Waals surface area contributed by atoms with Gasteiger partial charge in [0, 0.05) is 30.9 Å². The normalized spacial score (nSPS) is 15.4. The van der Waals surface area contributed by atoms with Crippen molar-refractivity contribution in [2.24, 2.45) is 5.10 Å². The Bertz CT molecular complexity index is 998. The first-order valence-electron chi connectivity index (χ1n) is 9.78. The van der Waals surface area contributed by atoms with Gasteiger partial charge in [-0.3, -0.25) is 9.59 Å². The maximum absolute atomic E-state index is 12.1. The van der Waals surface area contributed by atoms with E-state index in [0.29, 0.717) is 41.1 Å². The highest BCUT2D eigenvalue weighted by Crippen LogP contribution is 2.43. The summed E-state index contributed by atoms with van der Waals surface area (Å²) in [6, 6.07) is 13.1. The summed E-state index contributed by atoms with van der Waals surface area (Å²) in [6.07, 6.45) is 0.678. The predicted molar refractivity (Wildman–Crippen MR) is 122 cm³/mol.